The van der Waals surface area contributed by atoms with Crippen molar-refractivity contribution < 1.29 is 0 Å². The van der Waals surface area contributed by atoms with Crippen molar-refractivity contribution in [2.24, 2.45) is 9.98 Å². The van der Waals surface area contributed by atoms with E-state index < -0.39 is 0 Å². The van der Waals surface area contributed by atoms with Crippen molar-refractivity contribution >= 4 is 11.4 Å². The molecular weight excluding hydrogens is 268 g/mol. The summed E-state index contributed by atoms with van der Waals surface area (Å²) in [5, 5.41) is 0. The topological polar surface area (TPSA) is 24.7 Å². The third-order valence-electron chi connectivity index (χ3n) is 3.92. The van der Waals surface area contributed by atoms with E-state index >= 15 is 0 Å². The van der Waals surface area contributed by atoms with Gasteiger partial charge in [-0.05, 0) is 56.6 Å². The minimum absolute atomic E-state index is 0.108. The fourth-order valence-electron chi connectivity index (χ4n) is 2.94. The van der Waals surface area contributed by atoms with E-state index in [-0.39, 0.29) is 5.54 Å². The van der Waals surface area contributed by atoms with Crippen LogP contribution in [-0.4, -0.2) is 23.5 Å². The quantitative estimate of drug-likeness (QED) is 0.740. The van der Waals surface area contributed by atoms with Crippen LogP contribution in [0.5, 0.6) is 0 Å². The van der Waals surface area contributed by atoms with Gasteiger partial charge in [0.15, 0.2) is 0 Å². The van der Waals surface area contributed by atoms with Crippen molar-refractivity contribution in [1.29, 1.82) is 0 Å². The number of fused-ring (bicyclic) bond motifs is 1. The summed E-state index contributed by atoms with van der Waals surface area (Å²) >= 11 is 0. The van der Waals surface area contributed by atoms with Crippen molar-refractivity contribution in [2.45, 2.75) is 32.7 Å². The van der Waals surface area contributed by atoms with Crippen LogP contribution in [0.4, 0.5) is 0 Å². The van der Waals surface area contributed by atoms with Crippen molar-refractivity contribution in [2.75, 3.05) is 6.54 Å². The summed E-state index contributed by atoms with van der Waals surface area (Å²) < 4.78 is 0. The molecule has 2 nitrogen and oxygen atoms in total. The van der Waals surface area contributed by atoms with Gasteiger partial charge in [-0.15, -0.1) is 0 Å². The highest BCUT2D eigenvalue weighted by Crippen LogP contribution is 2.28. The first-order chi connectivity index (χ1) is 10.5. The molecule has 0 radical (unpaired) electrons. The third kappa shape index (κ3) is 3.33. The van der Waals surface area contributed by atoms with Crippen LogP contribution in [0.3, 0.4) is 0 Å². The van der Waals surface area contributed by atoms with Crippen molar-refractivity contribution in [3.63, 3.8) is 0 Å². The summed E-state index contributed by atoms with van der Waals surface area (Å²) in [6, 6.07) is 10.5. The van der Waals surface area contributed by atoms with Gasteiger partial charge in [0, 0.05) is 12.1 Å². The van der Waals surface area contributed by atoms with Crippen LogP contribution in [0.15, 0.2) is 75.8 Å². The van der Waals surface area contributed by atoms with Gasteiger partial charge in [-0.1, -0.05) is 36.4 Å². The first kappa shape index (κ1) is 14.7. The molecule has 0 unspecified atom stereocenters. The smallest absolute Gasteiger partial charge is 0.0744 e. The van der Waals surface area contributed by atoms with Gasteiger partial charge in [0.2, 0.25) is 0 Å². The largest absolute Gasteiger partial charge is 0.285 e. The maximum atomic E-state index is 4.78. The summed E-state index contributed by atoms with van der Waals surface area (Å²) in [6.07, 6.45) is 9.52. The Hall–Kier alpha value is -2.22. The van der Waals surface area contributed by atoms with Crippen LogP contribution < -0.4 is 0 Å². The predicted molar refractivity (Wildman–Crippen MR) is 94.9 cm³/mol. The standard InChI is InChI=1S/C20H22N2/c1-15-14-20(2,3)22-19-10-9-17(13-18(15)19)21-12-11-16-7-5-4-6-8-16/h4-10,13-14H,11-12H2,1-3H3. The molecule has 2 heteroatoms. The zero-order chi connectivity index (χ0) is 15.6. The summed E-state index contributed by atoms with van der Waals surface area (Å²) in [7, 11) is 0. The van der Waals surface area contributed by atoms with Crippen molar-refractivity contribution in [1.82, 2.24) is 0 Å². The van der Waals surface area contributed by atoms with Crippen LogP contribution in [0, 0.1) is 0 Å². The molecule has 1 aliphatic carbocycles. The Morgan fingerprint density at radius 3 is 2.64 bits per heavy atom. The Kier molecular flexibility index (Phi) is 3.93. The highest BCUT2D eigenvalue weighted by atomic mass is 14.9. The zero-order valence-electron chi connectivity index (χ0n) is 13.5. The summed E-state index contributed by atoms with van der Waals surface area (Å²) in [5.74, 6) is 0. The van der Waals surface area contributed by atoms with E-state index in [0.29, 0.717) is 0 Å². The fraction of sp³-hybridized carbons (Fsp3) is 0.300. The Labute approximate surface area is 132 Å². The van der Waals surface area contributed by atoms with Crippen LogP contribution in [-0.2, 0) is 6.42 Å². The van der Waals surface area contributed by atoms with Crippen LogP contribution in [0.2, 0.25) is 0 Å². The molecule has 0 atom stereocenters. The first-order valence-electron chi connectivity index (χ1n) is 7.82. The lowest BCUT2D eigenvalue weighted by atomic mass is 9.88. The molecule has 1 aromatic carbocycles. The predicted octanol–water partition coefficient (Wildman–Crippen LogP) is 4.35. The van der Waals surface area contributed by atoms with E-state index in [1.54, 1.807) is 0 Å². The molecule has 3 rings (SSSR count). The van der Waals surface area contributed by atoms with E-state index in [2.05, 4.69) is 69.3 Å². The number of dihydropyridines is 1. The van der Waals surface area contributed by atoms with E-state index in [4.69, 9.17) is 9.98 Å². The lowest BCUT2D eigenvalue weighted by Gasteiger charge is -2.26. The minimum Gasteiger partial charge on any atom is -0.285 e. The molecule has 0 N–H and O–H groups in total. The summed E-state index contributed by atoms with van der Waals surface area (Å²) in [6.45, 7) is 7.24. The molecule has 1 aliphatic heterocycles. The molecule has 2 aliphatic rings. The van der Waals surface area contributed by atoms with Gasteiger partial charge in [0.05, 0.1) is 17.0 Å². The Bertz CT molecular complexity index is 713. The number of aliphatic imine (C=N–C) groups is 2. The fourth-order valence-corrected chi connectivity index (χ4v) is 2.94. The summed E-state index contributed by atoms with van der Waals surface area (Å²) in [5.41, 5.74) is 5.83. The van der Waals surface area contributed by atoms with Crippen molar-refractivity contribution in [3.05, 3.63) is 71.3 Å². The zero-order valence-corrected chi connectivity index (χ0v) is 13.5. The van der Waals surface area contributed by atoms with E-state index in [1.807, 2.05) is 6.07 Å². The number of hydrogen-bond acceptors (Lipinski definition) is 2. The molecule has 0 bridgehead atoms. The van der Waals surface area contributed by atoms with Gasteiger partial charge in [-0.3, -0.25) is 9.98 Å². The molecular formula is C20H22N2. The summed E-state index contributed by atoms with van der Waals surface area (Å²) in [4.78, 5) is 9.49. The lowest BCUT2D eigenvalue weighted by Crippen LogP contribution is -2.24. The minimum atomic E-state index is -0.108. The highest BCUT2D eigenvalue weighted by molar-refractivity contribution is 6.23. The number of benzene rings is 1. The van der Waals surface area contributed by atoms with Crippen LogP contribution in [0.25, 0.3) is 0 Å². The van der Waals surface area contributed by atoms with Gasteiger partial charge >= 0.3 is 0 Å². The molecule has 0 saturated carbocycles. The number of nitrogens with zero attached hydrogens (tertiary/aromatic N) is 2. The second kappa shape index (κ2) is 5.88. The second-order valence-electron chi connectivity index (χ2n) is 6.41. The average Bonchev–Trinajstić information content (AvgIpc) is 2.48. The molecule has 1 heterocycles. The first-order valence-corrected chi connectivity index (χ1v) is 7.82. The van der Waals surface area contributed by atoms with E-state index in [1.165, 1.54) is 16.7 Å². The van der Waals surface area contributed by atoms with Crippen molar-refractivity contribution in [3.8, 4) is 0 Å². The molecule has 0 spiro atoms. The highest BCUT2D eigenvalue weighted by Gasteiger charge is 2.23. The molecule has 0 aromatic heterocycles. The molecule has 1 aromatic rings. The number of rotatable bonds is 3. The average molecular weight is 290 g/mol. The number of hydrogen-bond donors (Lipinski definition) is 0. The normalized spacial score (nSPS) is 21.0. The van der Waals surface area contributed by atoms with E-state index in [9.17, 15) is 0 Å². The second-order valence-corrected chi connectivity index (χ2v) is 6.41. The molecule has 0 saturated heterocycles. The van der Waals surface area contributed by atoms with Gasteiger partial charge in [0.25, 0.3) is 0 Å². The maximum absolute atomic E-state index is 4.78. The van der Waals surface area contributed by atoms with Gasteiger partial charge < -0.3 is 0 Å². The van der Waals surface area contributed by atoms with Gasteiger partial charge in [-0.2, -0.15) is 0 Å². The van der Waals surface area contributed by atoms with Gasteiger partial charge in [0.1, 0.15) is 0 Å². The molecule has 0 fully saturated rings. The van der Waals surface area contributed by atoms with Crippen LogP contribution in [0.1, 0.15) is 26.3 Å². The molecule has 112 valence electrons. The SMILES string of the molecule is CC1=CC(C)(C)N=C2C=CC(=NCCc3ccccc3)C=C12. The molecule has 22 heavy (non-hydrogen) atoms. The monoisotopic (exact) mass is 290 g/mol. The number of allylic oxidation sites excluding steroid dienone is 5. The lowest BCUT2D eigenvalue weighted by molar-refractivity contribution is 0.648. The Morgan fingerprint density at radius 1 is 1.09 bits per heavy atom. The van der Waals surface area contributed by atoms with E-state index in [0.717, 1.165) is 24.4 Å². The Morgan fingerprint density at radius 2 is 1.86 bits per heavy atom. The molecule has 0 amide bonds. The maximum Gasteiger partial charge on any atom is 0.0744 e. The van der Waals surface area contributed by atoms with Gasteiger partial charge in [-0.25, -0.2) is 0 Å². The third-order valence-corrected chi connectivity index (χ3v) is 3.92. The Balaban J connectivity index is 1.73. The van der Waals surface area contributed by atoms with Crippen LogP contribution >= 0.6 is 0 Å².